The van der Waals surface area contributed by atoms with Crippen LogP contribution in [0, 0.1) is 0 Å². The second-order valence-corrected chi connectivity index (χ2v) is 9.96. The molecule has 0 atom stereocenters. The van der Waals surface area contributed by atoms with Gasteiger partial charge in [0.1, 0.15) is 0 Å². The van der Waals surface area contributed by atoms with E-state index in [0.717, 1.165) is 27.7 Å². The third kappa shape index (κ3) is 5.25. The van der Waals surface area contributed by atoms with Crippen LogP contribution < -0.4 is 10.5 Å². The van der Waals surface area contributed by atoms with E-state index >= 15 is 0 Å². The lowest BCUT2D eigenvalue weighted by atomic mass is 10.2. The molecule has 0 aliphatic heterocycles. The van der Waals surface area contributed by atoms with Crippen LogP contribution in [0.5, 0.6) is 0 Å². The molecule has 1 heterocycles. The van der Waals surface area contributed by atoms with Crippen molar-refractivity contribution in [2.24, 2.45) is 5.14 Å². The first-order valence-electron chi connectivity index (χ1n) is 7.69. The number of rotatable bonds is 6. The molecule has 1 aromatic heterocycles. The average molecular weight is 474 g/mol. The number of hydrogen-bond acceptors (Lipinski definition) is 6. The standard InChI is InChI=1S/C17H13Cl2N3O3S3/c18-12-6-11(28(20,24)25)7-13(19)16(12)22-15(23)9-27-17-21-14(8-26-17)10-4-2-1-3-5-10/h1-8H,9H2,(H,22,23)(H2,20,24,25). The first-order chi connectivity index (χ1) is 13.2. The van der Waals surface area contributed by atoms with Crippen LogP contribution in [0.2, 0.25) is 10.0 Å². The average Bonchev–Trinajstić information content (AvgIpc) is 3.12. The van der Waals surface area contributed by atoms with Crippen LogP contribution in [0.3, 0.4) is 0 Å². The fraction of sp³-hybridized carbons (Fsp3) is 0.0588. The number of nitrogens with one attached hydrogen (secondary N) is 1. The molecule has 11 heteroatoms. The number of sulfonamides is 1. The minimum absolute atomic E-state index is 0.0181. The molecule has 0 unspecified atom stereocenters. The summed E-state index contributed by atoms with van der Waals surface area (Å²) in [5, 5.41) is 9.53. The number of amides is 1. The fourth-order valence-corrected chi connectivity index (χ4v) is 5.11. The van der Waals surface area contributed by atoms with Gasteiger partial charge in [-0.1, -0.05) is 65.3 Å². The van der Waals surface area contributed by atoms with Gasteiger partial charge in [0.15, 0.2) is 4.34 Å². The van der Waals surface area contributed by atoms with E-state index in [1.807, 2.05) is 35.7 Å². The Kier molecular flexibility index (Phi) is 6.64. The summed E-state index contributed by atoms with van der Waals surface area (Å²) in [6.07, 6.45) is 0. The molecule has 3 N–H and O–H groups in total. The lowest BCUT2D eigenvalue weighted by Crippen LogP contribution is -2.16. The number of halogens is 2. The van der Waals surface area contributed by atoms with Gasteiger partial charge in [0.2, 0.25) is 15.9 Å². The molecular weight excluding hydrogens is 461 g/mol. The van der Waals surface area contributed by atoms with Gasteiger partial charge in [-0.05, 0) is 12.1 Å². The number of anilines is 1. The Hall–Kier alpha value is -1.62. The quantitative estimate of drug-likeness (QED) is 0.513. The molecule has 1 amide bonds. The second-order valence-electron chi connectivity index (χ2n) is 5.51. The van der Waals surface area contributed by atoms with Crippen LogP contribution in [0.15, 0.2) is 57.1 Å². The zero-order valence-corrected chi connectivity index (χ0v) is 18.0. The summed E-state index contributed by atoms with van der Waals surface area (Å²) in [6.45, 7) is 0. The molecule has 0 bridgehead atoms. The summed E-state index contributed by atoms with van der Waals surface area (Å²) < 4.78 is 23.5. The molecule has 28 heavy (non-hydrogen) atoms. The number of carbonyl (C=O) groups excluding carboxylic acids is 1. The van der Waals surface area contributed by atoms with Gasteiger partial charge in [0.25, 0.3) is 0 Å². The molecule has 0 radical (unpaired) electrons. The number of benzene rings is 2. The number of nitrogens with zero attached hydrogens (tertiary/aromatic N) is 1. The molecule has 2 aromatic carbocycles. The third-order valence-electron chi connectivity index (χ3n) is 3.49. The fourth-order valence-electron chi connectivity index (χ4n) is 2.20. The number of aromatic nitrogens is 1. The maximum Gasteiger partial charge on any atom is 0.238 e. The molecule has 3 aromatic rings. The van der Waals surface area contributed by atoms with Crippen LogP contribution in [0.4, 0.5) is 5.69 Å². The van der Waals surface area contributed by atoms with E-state index in [2.05, 4.69) is 10.3 Å². The summed E-state index contributed by atoms with van der Waals surface area (Å²) in [7, 11) is -3.95. The number of primary sulfonamides is 1. The molecule has 0 aliphatic rings. The van der Waals surface area contributed by atoms with Gasteiger partial charge >= 0.3 is 0 Å². The van der Waals surface area contributed by atoms with Crippen molar-refractivity contribution in [3.63, 3.8) is 0 Å². The normalized spacial score (nSPS) is 11.4. The molecule has 0 aliphatic carbocycles. The molecule has 0 saturated heterocycles. The molecule has 0 spiro atoms. The van der Waals surface area contributed by atoms with Crippen molar-refractivity contribution in [1.29, 1.82) is 0 Å². The van der Waals surface area contributed by atoms with E-state index in [1.165, 1.54) is 23.1 Å². The van der Waals surface area contributed by atoms with E-state index in [0.29, 0.717) is 0 Å². The Bertz CT molecular complexity index is 1100. The Balaban J connectivity index is 1.65. The van der Waals surface area contributed by atoms with Gasteiger partial charge in [0, 0.05) is 10.9 Å². The Labute approximate surface area is 180 Å². The third-order valence-corrected chi connectivity index (χ3v) is 7.00. The van der Waals surface area contributed by atoms with Gasteiger partial charge in [0.05, 0.1) is 32.1 Å². The van der Waals surface area contributed by atoms with Gasteiger partial charge in [-0.25, -0.2) is 18.5 Å². The zero-order valence-electron chi connectivity index (χ0n) is 14.1. The summed E-state index contributed by atoms with van der Waals surface area (Å²) >= 11 is 14.8. The summed E-state index contributed by atoms with van der Waals surface area (Å²) in [6, 6.07) is 12.0. The predicted octanol–water partition coefficient (Wildman–Crippen LogP) is 4.50. The predicted molar refractivity (Wildman–Crippen MR) is 115 cm³/mol. The van der Waals surface area contributed by atoms with Crippen LogP contribution in [-0.4, -0.2) is 25.1 Å². The topological polar surface area (TPSA) is 102 Å². The van der Waals surface area contributed by atoms with Crippen LogP contribution >= 0.6 is 46.3 Å². The molecule has 3 rings (SSSR count). The van der Waals surface area contributed by atoms with Crippen molar-refractivity contribution < 1.29 is 13.2 Å². The SMILES string of the molecule is NS(=O)(=O)c1cc(Cl)c(NC(=O)CSc2nc(-c3ccccc3)cs2)c(Cl)c1. The van der Waals surface area contributed by atoms with E-state index < -0.39 is 10.0 Å². The molecular formula is C17H13Cl2N3O3S3. The van der Waals surface area contributed by atoms with Crippen molar-refractivity contribution in [1.82, 2.24) is 4.98 Å². The maximum atomic E-state index is 12.2. The van der Waals surface area contributed by atoms with E-state index in [4.69, 9.17) is 28.3 Å². The lowest BCUT2D eigenvalue weighted by molar-refractivity contribution is -0.113. The number of nitrogens with two attached hydrogens (primary N) is 1. The van der Waals surface area contributed by atoms with Gasteiger partial charge in [-0.3, -0.25) is 4.79 Å². The smallest absolute Gasteiger partial charge is 0.238 e. The summed E-state index contributed by atoms with van der Waals surface area (Å²) in [5.41, 5.74) is 1.98. The molecule has 0 saturated carbocycles. The highest BCUT2D eigenvalue weighted by Crippen LogP contribution is 2.34. The van der Waals surface area contributed by atoms with E-state index in [-0.39, 0.29) is 32.3 Å². The number of thioether (sulfide) groups is 1. The largest absolute Gasteiger partial charge is 0.323 e. The van der Waals surface area contributed by atoms with Crippen LogP contribution in [0.1, 0.15) is 0 Å². The minimum atomic E-state index is -3.95. The molecule has 6 nitrogen and oxygen atoms in total. The monoisotopic (exact) mass is 473 g/mol. The van der Waals surface area contributed by atoms with Crippen molar-refractivity contribution in [2.75, 3.05) is 11.1 Å². The summed E-state index contributed by atoms with van der Waals surface area (Å²) in [4.78, 5) is 16.5. The van der Waals surface area contributed by atoms with Crippen LogP contribution in [-0.2, 0) is 14.8 Å². The van der Waals surface area contributed by atoms with Crippen molar-refractivity contribution >= 4 is 67.9 Å². The summed E-state index contributed by atoms with van der Waals surface area (Å²) in [5.74, 6) is -0.265. The number of carbonyl (C=O) groups is 1. The Morgan fingerprint density at radius 3 is 2.43 bits per heavy atom. The highest BCUT2D eigenvalue weighted by atomic mass is 35.5. The van der Waals surface area contributed by atoms with Crippen molar-refractivity contribution in [3.8, 4) is 11.3 Å². The van der Waals surface area contributed by atoms with Crippen molar-refractivity contribution in [2.45, 2.75) is 9.24 Å². The first-order valence-corrected chi connectivity index (χ1v) is 11.9. The second kappa shape index (κ2) is 8.81. The number of hydrogen-bond donors (Lipinski definition) is 2. The Morgan fingerprint density at radius 1 is 1.18 bits per heavy atom. The maximum absolute atomic E-state index is 12.2. The zero-order chi connectivity index (χ0) is 20.3. The van der Waals surface area contributed by atoms with Crippen LogP contribution in [0.25, 0.3) is 11.3 Å². The molecule has 146 valence electrons. The highest BCUT2D eigenvalue weighted by molar-refractivity contribution is 8.01. The van der Waals surface area contributed by atoms with Crippen molar-refractivity contribution in [3.05, 3.63) is 57.9 Å². The van der Waals surface area contributed by atoms with Gasteiger partial charge < -0.3 is 5.32 Å². The van der Waals surface area contributed by atoms with Gasteiger partial charge in [-0.2, -0.15) is 0 Å². The first kappa shape index (κ1) is 21.1. The van der Waals surface area contributed by atoms with E-state index in [9.17, 15) is 13.2 Å². The minimum Gasteiger partial charge on any atom is -0.323 e. The highest BCUT2D eigenvalue weighted by Gasteiger charge is 2.17. The molecule has 0 fully saturated rings. The number of thiazole rings is 1. The Morgan fingerprint density at radius 2 is 1.82 bits per heavy atom. The van der Waals surface area contributed by atoms with Gasteiger partial charge in [-0.15, -0.1) is 11.3 Å². The lowest BCUT2D eigenvalue weighted by Gasteiger charge is -2.10. The van der Waals surface area contributed by atoms with E-state index in [1.54, 1.807) is 0 Å².